The Morgan fingerprint density at radius 3 is 2.50 bits per heavy atom. The number of halogens is 5. The van der Waals surface area contributed by atoms with E-state index in [9.17, 15) is 26.7 Å². The number of fused-ring (bicyclic) bond motifs is 3. The van der Waals surface area contributed by atoms with Gasteiger partial charge in [0.2, 0.25) is 5.88 Å². The summed E-state index contributed by atoms with van der Waals surface area (Å²) in [7, 11) is 0. The maximum atomic E-state index is 14.6. The Labute approximate surface area is 200 Å². The molecule has 4 heterocycles. The number of rotatable bonds is 5. The van der Waals surface area contributed by atoms with Crippen molar-refractivity contribution in [3.8, 4) is 17.4 Å². The molecule has 2 fully saturated rings. The Bertz CT molecular complexity index is 1390. The average molecular weight is 507 g/mol. The van der Waals surface area contributed by atoms with E-state index in [4.69, 9.17) is 14.2 Å². The molecule has 0 amide bonds. The molecule has 0 saturated carbocycles. The normalized spacial score (nSPS) is 22.0. The van der Waals surface area contributed by atoms with Crippen molar-refractivity contribution in [1.82, 2.24) is 9.55 Å². The van der Waals surface area contributed by atoms with Crippen molar-refractivity contribution in [2.24, 2.45) is 0 Å². The lowest BCUT2D eigenvalue weighted by Crippen LogP contribution is -2.46. The molecule has 188 valence electrons. The summed E-state index contributed by atoms with van der Waals surface area (Å²) in [4.78, 5) is 18.6. The summed E-state index contributed by atoms with van der Waals surface area (Å²) in [6.07, 6.45) is -3.58. The van der Waals surface area contributed by atoms with Crippen LogP contribution in [0.5, 0.6) is 17.4 Å². The number of benzene rings is 2. The highest BCUT2D eigenvalue weighted by molar-refractivity contribution is 5.52. The monoisotopic (exact) mass is 507 g/mol. The van der Waals surface area contributed by atoms with Gasteiger partial charge in [0.25, 0.3) is 0 Å². The van der Waals surface area contributed by atoms with Crippen molar-refractivity contribution in [2.75, 3.05) is 18.1 Å². The first kappa shape index (κ1) is 22.8. The SMILES string of the molecule is O=c1nc(OCc2cc(F)c(Oc3ccc(C(F)(F)F)cc3)c(F)c2)cc2n1C[C@]13CO[C@H](CN21)C3. The number of alkyl halides is 3. The molecule has 7 nitrogen and oxygen atoms in total. The van der Waals surface area contributed by atoms with E-state index < -0.39 is 34.8 Å². The second-order valence-corrected chi connectivity index (χ2v) is 9.09. The molecule has 2 atom stereocenters. The summed E-state index contributed by atoms with van der Waals surface area (Å²) in [5.41, 5.74) is -1.53. The largest absolute Gasteiger partial charge is 0.473 e. The van der Waals surface area contributed by atoms with Gasteiger partial charge < -0.3 is 19.1 Å². The van der Waals surface area contributed by atoms with E-state index in [2.05, 4.69) is 9.88 Å². The minimum atomic E-state index is -4.54. The van der Waals surface area contributed by atoms with Crippen LogP contribution in [0.1, 0.15) is 17.5 Å². The van der Waals surface area contributed by atoms with E-state index in [0.29, 0.717) is 25.5 Å². The molecule has 1 aromatic heterocycles. The van der Waals surface area contributed by atoms with Crippen LogP contribution in [0.15, 0.2) is 47.3 Å². The predicted octanol–water partition coefficient (Wildman–Crippen LogP) is 4.27. The Kier molecular flexibility index (Phi) is 5.01. The molecule has 12 heteroatoms. The topological polar surface area (TPSA) is 65.8 Å². The first-order valence-corrected chi connectivity index (χ1v) is 11.1. The molecule has 2 bridgehead atoms. The van der Waals surface area contributed by atoms with Gasteiger partial charge in [-0.1, -0.05) is 0 Å². The lowest BCUT2D eigenvalue weighted by atomic mass is 10.0. The molecule has 0 aliphatic carbocycles. The van der Waals surface area contributed by atoms with Gasteiger partial charge in [-0.25, -0.2) is 13.6 Å². The summed E-state index contributed by atoms with van der Waals surface area (Å²) < 4.78 is 85.2. The van der Waals surface area contributed by atoms with Crippen LogP contribution in [0.2, 0.25) is 0 Å². The number of hydrogen-bond donors (Lipinski definition) is 0. The lowest BCUT2D eigenvalue weighted by molar-refractivity contribution is -0.137. The van der Waals surface area contributed by atoms with Crippen LogP contribution in [0.3, 0.4) is 0 Å². The van der Waals surface area contributed by atoms with Crippen molar-refractivity contribution in [3.05, 3.63) is 75.7 Å². The van der Waals surface area contributed by atoms with Crippen LogP contribution in [0, 0.1) is 11.6 Å². The third kappa shape index (κ3) is 3.76. The Balaban J connectivity index is 1.17. The van der Waals surface area contributed by atoms with Gasteiger partial charge in [0, 0.05) is 19.0 Å². The van der Waals surface area contributed by atoms with E-state index in [1.807, 2.05) is 0 Å². The maximum Gasteiger partial charge on any atom is 0.416 e. The summed E-state index contributed by atoms with van der Waals surface area (Å²) in [5.74, 6) is -2.35. The number of nitrogens with zero attached hydrogens (tertiary/aromatic N) is 3. The van der Waals surface area contributed by atoms with E-state index >= 15 is 0 Å². The van der Waals surface area contributed by atoms with Gasteiger partial charge >= 0.3 is 11.9 Å². The quantitative estimate of drug-likeness (QED) is 0.481. The second kappa shape index (κ2) is 7.92. The predicted molar refractivity (Wildman–Crippen MR) is 115 cm³/mol. The van der Waals surface area contributed by atoms with Gasteiger partial charge in [-0.3, -0.25) is 4.57 Å². The van der Waals surface area contributed by atoms with E-state index in [1.54, 1.807) is 10.6 Å². The van der Waals surface area contributed by atoms with Gasteiger partial charge in [0.05, 0.1) is 30.4 Å². The van der Waals surface area contributed by atoms with Gasteiger partial charge in [-0.15, -0.1) is 0 Å². The van der Waals surface area contributed by atoms with Crippen LogP contribution in [-0.2, 0) is 24.1 Å². The number of aromatic nitrogens is 2. The van der Waals surface area contributed by atoms with Gasteiger partial charge in [-0.2, -0.15) is 18.2 Å². The zero-order chi connectivity index (χ0) is 25.2. The average Bonchev–Trinajstić information content (AvgIpc) is 3.49. The molecule has 6 rings (SSSR count). The first-order chi connectivity index (χ1) is 17.1. The molecule has 3 aliphatic heterocycles. The third-order valence-electron chi connectivity index (χ3n) is 6.70. The van der Waals surface area contributed by atoms with Crippen molar-refractivity contribution in [2.45, 2.75) is 37.4 Å². The maximum absolute atomic E-state index is 14.6. The zero-order valence-corrected chi connectivity index (χ0v) is 18.5. The first-order valence-electron chi connectivity index (χ1n) is 11.1. The zero-order valence-electron chi connectivity index (χ0n) is 18.5. The van der Waals surface area contributed by atoms with Gasteiger partial charge in [0.1, 0.15) is 18.2 Å². The summed E-state index contributed by atoms with van der Waals surface area (Å²) in [6.45, 7) is 1.41. The van der Waals surface area contributed by atoms with Crippen LogP contribution in [-0.4, -0.2) is 34.3 Å². The smallest absolute Gasteiger partial charge is 0.416 e. The molecular formula is C24H18F5N3O4. The van der Waals surface area contributed by atoms with Gasteiger partial charge in [-0.05, 0) is 42.0 Å². The lowest BCUT2D eigenvalue weighted by Gasteiger charge is -2.32. The molecular weight excluding hydrogens is 489 g/mol. The standard InChI is InChI=1S/C24H18F5N3O4/c25-17-5-13(6-18(26)21(17)36-15-3-1-14(2-4-15)24(27,28)29)10-34-19-7-20-31(22(33)30-19)11-23-8-16(35-12-23)9-32(20)23/h1-7,16H,8-12H2/t16-,23+/m0/s1. The highest BCUT2D eigenvalue weighted by atomic mass is 19.4. The molecule has 1 spiro atoms. The van der Waals surface area contributed by atoms with Crippen molar-refractivity contribution in [1.29, 1.82) is 0 Å². The fraction of sp³-hybridized carbons (Fsp3) is 0.333. The number of ether oxygens (including phenoxy) is 3. The van der Waals surface area contributed by atoms with Crippen LogP contribution in [0.25, 0.3) is 0 Å². The van der Waals surface area contributed by atoms with E-state index in [1.165, 1.54) is 0 Å². The van der Waals surface area contributed by atoms with Crippen LogP contribution in [0.4, 0.5) is 27.8 Å². The van der Waals surface area contributed by atoms with Crippen LogP contribution < -0.4 is 20.1 Å². The molecule has 3 aromatic rings. The number of morpholine rings is 1. The molecule has 2 saturated heterocycles. The van der Waals surface area contributed by atoms with E-state index in [0.717, 1.165) is 42.8 Å². The molecule has 0 N–H and O–H groups in total. The fourth-order valence-corrected chi connectivity index (χ4v) is 5.04. The van der Waals surface area contributed by atoms with E-state index in [-0.39, 0.29) is 35.4 Å². The molecule has 0 unspecified atom stereocenters. The Morgan fingerprint density at radius 2 is 1.83 bits per heavy atom. The summed E-state index contributed by atoms with van der Waals surface area (Å²) >= 11 is 0. The van der Waals surface area contributed by atoms with Gasteiger partial charge in [0.15, 0.2) is 17.4 Å². The van der Waals surface area contributed by atoms with Crippen LogP contribution >= 0.6 is 0 Å². The minimum Gasteiger partial charge on any atom is -0.473 e. The summed E-state index contributed by atoms with van der Waals surface area (Å²) in [5, 5.41) is 0. The third-order valence-corrected chi connectivity index (χ3v) is 6.70. The molecule has 3 aliphatic rings. The van der Waals surface area contributed by atoms with Crippen molar-refractivity contribution in [3.63, 3.8) is 0 Å². The second-order valence-electron chi connectivity index (χ2n) is 9.09. The number of hydrogen-bond acceptors (Lipinski definition) is 6. The molecule has 36 heavy (non-hydrogen) atoms. The Morgan fingerprint density at radius 1 is 1.11 bits per heavy atom. The van der Waals surface area contributed by atoms with Crippen molar-refractivity contribution >= 4 is 5.82 Å². The minimum absolute atomic E-state index is 0.0258. The fourth-order valence-electron chi connectivity index (χ4n) is 5.04. The summed E-state index contributed by atoms with van der Waals surface area (Å²) in [6, 6.07) is 7.04. The molecule has 2 aromatic carbocycles. The Hall–Kier alpha value is -3.67. The highest BCUT2D eigenvalue weighted by Crippen LogP contribution is 2.46. The highest BCUT2D eigenvalue weighted by Gasteiger charge is 2.56. The molecule has 0 radical (unpaired) electrons. The number of anilines is 1. The van der Waals surface area contributed by atoms with Crippen molar-refractivity contribution < 1.29 is 36.2 Å².